The maximum atomic E-state index is 12.4. The number of hydrogen-bond donors (Lipinski definition) is 1. The molecule has 0 bridgehead atoms. The van der Waals surface area contributed by atoms with Crippen LogP contribution in [0.2, 0.25) is 5.02 Å². The summed E-state index contributed by atoms with van der Waals surface area (Å²) in [4.78, 5) is 12.4. The van der Waals surface area contributed by atoms with Gasteiger partial charge in [0.15, 0.2) is 0 Å². The summed E-state index contributed by atoms with van der Waals surface area (Å²) in [6.45, 7) is 1.64. The molecule has 1 aliphatic heterocycles. The smallest absolute Gasteiger partial charge is 0.406 e. The highest BCUT2D eigenvalue weighted by Gasteiger charge is 2.35. The number of ether oxygens (including phenoxy) is 2. The number of alkyl halides is 3. The van der Waals surface area contributed by atoms with Crippen molar-refractivity contribution >= 4 is 17.5 Å². The van der Waals surface area contributed by atoms with Crippen LogP contribution in [0.5, 0.6) is 5.75 Å². The van der Waals surface area contributed by atoms with Gasteiger partial charge in [0.1, 0.15) is 5.75 Å². The van der Waals surface area contributed by atoms with Crippen LogP contribution in [0.25, 0.3) is 0 Å². The molecule has 29 heavy (non-hydrogen) atoms. The van der Waals surface area contributed by atoms with Crippen LogP contribution >= 0.6 is 11.6 Å². The Kier molecular flexibility index (Phi) is 6.70. The predicted molar refractivity (Wildman–Crippen MR) is 103 cm³/mol. The van der Waals surface area contributed by atoms with Gasteiger partial charge in [-0.2, -0.15) is 0 Å². The van der Waals surface area contributed by atoms with Gasteiger partial charge in [0, 0.05) is 30.2 Å². The summed E-state index contributed by atoms with van der Waals surface area (Å²) in [6, 6.07) is 12.9. The molecule has 0 aromatic heterocycles. The minimum atomic E-state index is -4.74. The number of carbonyl (C=O) groups excluding carboxylic acids is 1. The van der Waals surface area contributed by atoms with Gasteiger partial charge in [-0.1, -0.05) is 35.9 Å². The largest absolute Gasteiger partial charge is 0.573 e. The molecule has 0 spiro atoms. The fourth-order valence-electron chi connectivity index (χ4n) is 3.47. The molecule has 3 rings (SSSR count). The van der Waals surface area contributed by atoms with Crippen molar-refractivity contribution in [1.29, 1.82) is 0 Å². The second-order valence-electron chi connectivity index (χ2n) is 7.05. The number of benzene rings is 2. The van der Waals surface area contributed by atoms with Crippen molar-refractivity contribution < 1.29 is 27.4 Å². The summed E-state index contributed by atoms with van der Waals surface area (Å²) in [6.07, 6.45) is -3.15. The quantitative estimate of drug-likeness (QED) is 0.730. The van der Waals surface area contributed by atoms with E-state index < -0.39 is 6.36 Å². The van der Waals surface area contributed by atoms with Crippen molar-refractivity contribution in [3.05, 3.63) is 64.7 Å². The van der Waals surface area contributed by atoms with Crippen molar-refractivity contribution in [2.75, 3.05) is 19.8 Å². The second kappa shape index (κ2) is 9.05. The van der Waals surface area contributed by atoms with E-state index in [1.807, 2.05) is 24.3 Å². The lowest BCUT2D eigenvalue weighted by Crippen LogP contribution is -2.45. The SMILES string of the molecule is O=C(Cc1ccc(OC(F)(F)F)cc1)NCC1(c2cccc(Cl)c2)CCOCC1. The molecule has 2 aromatic rings. The minimum Gasteiger partial charge on any atom is -0.406 e. The molecule has 1 N–H and O–H groups in total. The van der Waals surface area contributed by atoms with E-state index in [1.54, 1.807) is 0 Å². The van der Waals surface area contributed by atoms with E-state index in [0.717, 1.165) is 18.4 Å². The average molecular weight is 428 g/mol. The zero-order chi connectivity index (χ0) is 20.9. The third-order valence-corrected chi connectivity index (χ3v) is 5.27. The van der Waals surface area contributed by atoms with Crippen molar-refractivity contribution in [3.8, 4) is 5.75 Å². The zero-order valence-corrected chi connectivity index (χ0v) is 16.4. The maximum absolute atomic E-state index is 12.4. The molecule has 0 saturated carbocycles. The van der Waals surface area contributed by atoms with E-state index in [-0.39, 0.29) is 23.5 Å². The van der Waals surface area contributed by atoms with Gasteiger partial charge in [0.05, 0.1) is 6.42 Å². The number of nitrogens with one attached hydrogen (secondary N) is 1. The van der Waals surface area contributed by atoms with Gasteiger partial charge in [-0.25, -0.2) is 0 Å². The van der Waals surface area contributed by atoms with Crippen LogP contribution in [-0.2, 0) is 21.4 Å². The van der Waals surface area contributed by atoms with Crippen LogP contribution < -0.4 is 10.1 Å². The number of carbonyl (C=O) groups is 1. The number of halogens is 4. The molecule has 1 fully saturated rings. The predicted octanol–water partition coefficient (Wildman–Crippen LogP) is 4.65. The lowest BCUT2D eigenvalue weighted by Gasteiger charge is -2.38. The number of rotatable bonds is 6. The fourth-order valence-corrected chi connectivity index (χ4v) is 3.66. The first-order chi connectivity index (χ1) is 13.8. The molecule has 1 heterocycles. The first kappa shape index (κ1) is 21.5. The summed E-state index contributed by atoms with van der Waals surface area (Å²) >= 11 is 6.15. The van der Waals surface area contributed by atoms with Crippen molar-refractivity contribution in [3.63, 3.8) is 0 Å². The Bertz CT molecular complexity index is 834. The first-order valence-corrected chi connectivity index (χ1v) is 9.59. The Labute approximate surface area is 172 Å². The Balaban J connectivity index is 1.62. The zero-order valence-electron chi connectivity index (χ0n) is 15.6. The molecule has 0 atom stereocenters. The van der Waals surface area contributed by atoms with Crippen molar-refractivity contribution in [1.82, 2.24) is 5.32 Å². The molecular weight excluding hydrogens is 407 g/mol. The normalized spacial score (nSPS) is 16.3. The van der Waals surface area contributed by atoms with E-state index in [9.17, 15) is 18.0 Å². The minimum absolute atomic E-state index is 0.0639. The van der Waals surface area contributed by atoms with Gasteiger partial charge in [0.2, 0.25) is 5.91 Å². The highest BCUT2D eigenvalue weighted by Crippen LogP contribution is 2.35. The monoisotopic (exact) mass is 427 g/mol. The molecular formula is C21H21ClF3NO3. The van der Waals surface area contributed by atoms with Crippen molar-refractivity contribution in [2.45, 2.75) is 31.0 Å². The molecule has 1 aliphatic rings. The molecule has 1 saturated heterocycles. The molecule has 1 amide bonds. The Morgan fingerprint density at radius 2 is 1.83 bits per heavy atom. The molecule has 4 nitrogen and oxygen atoms in total. The van der Waals surface area contributed by atoms with Gasteiger partial charge < -0.3 is 14.8 Å². The van der Waals surface area contributed by atoms with E-state index in [4.69, 9.17) is 16.3 Å². The van der Waals surface area contributed by atoms with E-state index in [2.05, 4.69) is 10.1 Å². The Morgan fingerprint density at radius 1 is 1.14 bits per heavy atom. The van der Waals surface area contributed by atoms with Crippen LogP contribution in [0.4, 0.5) is 13.2 Å². The van der Waals surface area contributed by atoms with Crippen LogP contribution in [-0.4, -0.2) is 32.0 Å². The second-order valence-corrected chi connectivity index (χ2v) is 7.48. The highest BCUT2D eigenvalue weighted by atomic mass is 35.5. The summed E-state index contributed by atoms with van der Waals surface area (Å²) in [5.74, 6) is -0.522. The highest BCUT2D eigenvalue weighted by molar-refractivity contribution is 6.30. The first-order valence-electron chi connectivity index (χ1n) is 9.21. The van der Waals surface area contributed by atoms with Gasteiger partial charge in [0.25, 0.3) is 0 Å². The third-order valence-electron chi connectivity index (χ3n) is 5.03. The van der Waals surface area contributed by atoms with Gasteiger partial charge >= 0.3 is 6.36 Å². The van der Waals surface area contributed by atoms with Crippen LogP contribution in [0.15, 0.2) is 48.5 Å². The molecule has 0 unspecified atom stereocenters. The lowest BCUT2D eigenvalue weighted by molar-refractivity contribution is -0.274. The fraction of sp³-hybridized carbons (Fsp3) is 0.381. The summed E-state index contributed by atoms with van der Waals surface area (Å²) in [5.41, 5.74) is 1.39. The summed E-state index contributed by atoms with van der Waals surface area (Å²) in [5, 5.41) is 3.60. The van der Waals surface area contributed by atoms with Crippen LogP contribution in [0, 0.1) is 0 Å². The molecule has 156 valence electrons. The molecule has 2 aromatic carbocycles. The van der Waals surface area contributed by atoms with Gasteiger partial charge in [-0.3, -0.25) is 4.79 Å². The Hall–Kier alpha value is -2.25. The van der Waals surface area contributed by atoms with Crippen LogP contribution in [0.1, 0.15) is 24.0 Å². The third kappa shape index (κ3) is 6.11. The van der Waals surface area contributed by atoms with Crippen LogP contribution in [0.3, 0.4) is 0 Å². The van der Waals surface area contributed by atoms with E-state index in [1.165, 1.54) is 24.3 Å². The molecule has 8 heteroatoms. The van der Waals surface area contributed by atoms with E-state index >= 15 is 0 Å². The summed E-state index contributed by atoms with van der Waals surface area (Å²) < 4.78 is 46.0. The topological polar surface area (TPSA) is 47.6 Å². The van der Waals surface area contributed by atoms with Gasteiger partial charge in [-0.05, 0) is 48.2 Å². The number of amides is 1. The maximum Gasteiger partial charge on any atom is 0.573 e. The summed E-state index contributed by atoms with van der Waals surface area (Å²) in [7, 11) is 0. The molecule has 0 aliphatic carbocycles. The average Bonchev–Trinajstić information content (AvgIpc) is 2.68. The number of hydrogen-bond acceptors (Lipinski definition) is 3. The Morgan fingerprint density at radius 3 is 2.45 bits per heavy atom. The molecule has 0 radical (unpaired) electrons. The lowest BCUT2D eigenvalue weighted by atomic mass is 9.74. The standard InChI is InChI=1S/C21H21ClF3NO3/c22-17-3-1-2-16(13-17)20(8-10-28-11-9-20)14-26-19(27)12-15-4-6-18(7-5-15)29-21(23,24)25/h1-7,13H,8-12,14H2,(H,26,27). The van der Waals surface area contributed by atoms with Crippen molar-refractivity contribution in [2.24, 2.45) is 0 Å². The van der Waals surface area contributed by atoms with Gasteiger partial charge in [-0.15, -0.1) is 13.2 Å². The van der Waals surface area contributed by atoms with E-state index in [0.29, 0.717) is 30.3 Å².